The van der Waals surface area contributed by atoms with E-state index in [1.165, 1.54) is 9.53 Å². The highest BCUT2D eigenvalue weighted by molar-refractivity contribution is 7.78. The molecule has 9 heavy (non-hydrogen) atoms. The summed E-state index contributed by atoms with van der Waals surface area (Å²) in [6.45, 7) is 0. The van der Waals surface area contributed by atoms with Crippen LogP contribution >= 0.6 is 33.1 Å². The minimum Gasteiger partial charge on any atom is -0.244 e. The van der Waals surface area contributed by atoms with E-state index in [4.69, 9.17) is 0 Å². The molecule has 0 amide bonds. The summed E-state index contributed by atoms with van der Waals surface area (Å²) in [5, 5.41) is 0. The fourth-order valence-electron chi connectivity index (χ4n) is 0.552. The molecule has 0 aromatic carbocycles. The first-order chi connectivity index (χ1) is 3.97. The van der Waals surface area contributed by atoms with E-state index < -0.39 is 0 Å². The molecule has 0 N–H and O–H groups in total. The van der Waals surface area contributed by atoms with E-state index in [0.29, 0.717) is 0 Å². The van der Waals surface area contributed by atoms with Gasteiger partial charge in [0.25, 0.3) is 0 Å². The lowest BCUT2D eigenvalue weighted by Gasteiger charge is -1.92. The van der Waals surface area contributed by atoms with E-state index in [1.807, 2.05) is 12.3 Å². The molecule has 0 atom stereocenters. The van der Waals surface area contributed by atoms with E-state index >= 15 is 0 Å². The Labute approximate surface area is 66.1 Å². The minimum atomic E-state index is 0. The molecule has 0 aliphatic heterocycles. The highest BCUT2D eigenvalue weighted by Gasteiger charge is 1.94. The van der Waals surface area contributed by atoms with Crippen molar-refractivity contribution in [3.63, 3.8) is 0 Å². The third kappa shape index (κ3) is 1.08. The Morgan fingerprint density at radius 1 is 1.33 bits per heavy atom. The van der Waals surface area contributed by atoms with Crippen molar-refractivity contribution >= 4 is 42.6 Å². The highest BCUT2D eigenvalue weighted by atomic mass is 35.5. The van der Waals surface area contributed by atoms with Gasteiger partial charge in [-0.05, 0) is 12.1 Å². The molecular weight excluding hydrogens is 174 g/mol. The predicted octanol–water partition coefficient (Wildman–Crippen LogP) is 2.78. The second kappa shape index (κ2) is 2.64. The molecule has 0 saturated heterocycles. The molecule has 2 aromatic heterocycles. The first-order valence-corrected chi connectivity index (χ1v) is 4.41. The first kappa shape index (κ1) is 6.99. The molecule has 0 aliphatic rings. The molecule has 4 heteroatoms. The van der Waals surface area contributed by atoms with Crippen LogP contribution in [0.15, 0.2) is 18.3 Å². The number of nitrogens with zero attached hydrogens (tertiary/aromatic N) is 1. The summed E-state index contributed by atoms with van der Waals surface area (Å²) >= 11 is 0. The normalized spacial score (nSPS) is 9.33. The second-order valence-corrected chi connectivity index (χ2v) is 3.63. The Hall–Kier alpha value is -0.120. The molecule has 0 bridgehead atoms. The van der Waals surface area contributed by atoms with Gasteiger partial charge in [0, 0.05) is 6.20 Å². The van der Waals surface area contributed by atoms with Gasteiger partial charge < -0.3 is 0 Å². The van der Waals surface area contributed by atoms with Gasteiger partial charge in [0.1, 0.15) is 4.83 Å². The summed E-state index contributed by atoms with van der Waals surface area (Å²) in [6.07, 6.45) is 1.82. The maximum Gasteiger partial charge on any atom is 0.144 e. The van der Waals surface area contributed by atoms with Gasteiger partial charge in [-0.25, -0.2) is 4.98 Å². The summed E-state index contributed by atoms with van der Waals surface area (Å²) in [4.78, 5) is 5.29. The zero-order valence-corrected chi connectivity index (χ0v) is 6.85. The summed E-state index contributed by atoms with van der Waals surface area (Å²) < 4.78 is 1.32. The SMILES string of the molecule is Cl.c1cnc2ssc2c1. The Morgan fingerprint density at radius 3 is 2.56 bits per heavy atom. The third-order valence-corrected chi connectivity index (χ3v) is 3.41. The van der Waals surface area contributed by atoms with Crippen molar-refractivity contribution in [3.05, 3.63) is 18.3 Å². The van der Waals surface area contributed by atoms with Crippen molar-refractivity contribution in [1.29, 1.82) is 0 Å². The Kier molecular flexibility index (Phi) is 2.05. The van der Waals surface area contributed by atoms with E-state index in [9.17, 15) is 0 Å². The largest absolute Gasteiger partial charge is 0.244 e. The molecule has 0 spiro atoms. The summed E-state index contributed by atoms with van der Waals surface area (Å²) in [6, 6.07) is 4.05. The van der Waals surface area contributed by atoms with E-state index in [2.05, 4.69) is 11.1 Å². The number of hydrogen-bond acceptors (Lipinski definition) is 3. The number of halogens is 1. The van der Waals surface area contributed by atoms with Crippen LogP contribution in [0.3, 0.4) is 0 Å². The fraction of sp³-hybridized carbons (Fsp3) is 0. The van der Waals surface area contributed by atoms with E-state index in [1.54, 1.807) is 20.7 Å². The average Bonchev–Trinajstić information content (AvgIpc) is 1.72. The quantitative estimate of drug-likeness (QED) is 0.564. The van der Waals surface area contributed by atoms with Crippen LogP contribution in [-0.2, 0) is 0 Å². The van der Waals surface area contributed by atoms with Crippen molar-refractivity contribution in [2.45, 2.75) is 0 Å². The molecule has 48 valence electrons. The number of hydrogen-bond donors (Lipinski definition) is 0. The van der Waals surface area contributed by atoms with Gasteiger partial charge in [0.2, 0.25) is 0 Å². The molecule has 0 unspecified atom stereocenters. The second-order valence-electron chi connectivity index (χ2n) is 1.47. The van der Waals surface area contributed by atoms with Crippen molar-refractivity contribution in [1.82, 2.24) is 4.98 Å². The fourth-order valence-corrected chi connectivity index (χ4v) is 2.22. The monoisotopic (exact) mass is 177 g/mol. The predicted molar refractivity (Wildman–Crippen MR) is 44.7 cm³/mol. The molecule has 0 saturated carbocycles. The van der Waals surface area contributed by atoms with Gasteiger partial charge in [-0.1, -0.05) is 20.7 Å². The summed E-state index contributed by atoms with van der Waals surface area (Å²) in [5.74, 6) is 0. The molecule has 1 nitrogen and oxygen atoms in total. The molecule has 2 heterocycles. The smallest absolute Gasteiger partial charge is 0.144 e. The molecule has 2 rings (SSSR count). The number of pyridine rings is 1. The van der Waals surface area contributed by atoms with Gasteiger partial charge in [0.15, 0.2) is 0 Å². The van der Waals surface area contributed by atoms with E-state index in [-0.39, 0.29) is 12.4 Å². The van der Waals surface area contributed by atoms with Crippen LogP contribution in [0.2, 0.25) is 0 Å². The molecular formula is C5H4ClNS2. The van der Waals surface area contributed by atoms with Crippen molar-refractivity contribution in [2.24, 2.45) is 0 Å². The first-order valence-electron chi connectivity index (χ1n) is 2.26. The van der Waals surface area contributed by atoms with Gasteiger partial charge in [0.05, 0.1) is 4.70 Å². The zero-order valence-electron chi connectivity index (χ0n) is 4.40. The topological polar surface area (TPSA) is 12.9 Å². The van der Waals surface area contributed by atoms with Crippen molar-refractivity contribution in [2.75, 3.05) is 0 Å². The Balaban J connectivity index is 0.000000405. The molecule has 2 aromatic rings. The van der Waals surface area contributed by atoms with Gasteiger partial charge in [-0.3, -0.25) is 0 Å². The van der Waals surface area contributed by atoms with Crippen LogP contribution in [0, 0.1) is 0 Å². The molecule has 0 fully saturated rings. The highest BCUT2D eigenvalue weighted by Crippen LogP contribution is 2.28. The Morgan fingerprint density at radius 2 is 2.22 bits per heavy atom. The summed E-state index contributed by atoms with van der Waals surface area (Å²) in [7, 11) is 3.52. The Bertz CT molecular complexity index is 257. The van der Waals surface area contributed by atoms with Crippen LogP contribution in [0.25, 0.3) is 9.53 Å². The van der Waals surface area contributed by atoms with E-state index in [0.717, 1.165) is 0 Å². The maximum absolute atomic E-state index is 4.11. The van der Waals surface area contributed by atoms with Gasteiger partial charge >= 0.3 is 0 Å². The molecule has 0 radical (unpaired) electrons. The van der Waals surface area contributed by atoms with Crippen LogP contribution < -0.4 is 0 Å². The zero-order chi connectivity index (χ0) is 5.40. The van der Waals surface area contributed by atoms with Gasteiger partial charge in [-0.2, -0.15) is 0 Å². The van der Waals surface area contributed by atoms with Crippen molar-refractivity contribution < 1.29 is 0 Å². The third-order valence-electron chi connectivity index (χ3n) is 0.947. The number of aromatic nitrogens is 1. The number of rotatable bonds is 0. The van der Waals surface area contributed by atoms with Crippen LogP contribution in [0.1, 0.15) is 0 Å². The van der Waals surface area contributed by atoms with Crippen LogP contribution in [0.4, 0.5) is 0 Å². The van der Waals surface area contributed by atoms with Crippen molar-refractivity contribution in [3.8, 4) is 0 Å². The summed E-state index contributed by atoms with van der Waals surface area (Å²) in [5.41, 5.74) is 0. The standard InChI is InChI=1S/C5H3NS2.ClH/c1-2-4-5(6-3-1)8-7-4;/h1-3H;1H. The lowest BCUT2D eigenvalue weighted by molar-refractivity contribution is 1.45. The lowest BCUT2D eigenvalue weighted by atomic mass is 10.5. The molecule has 0 aliphatic carbocycles. The van der Waals surface area contributed by atoms with Crippen LogP contribution in [-0.4, -0.2) is 4.98 Å². The number of fused-ring (bicyclic) bond motifs is 1. The minimum absolute atomic E-state index is 0. The average molecular weight is 178 g/mol. The van der Waals surface area contributed by atoms with Crippen LogP contribution in [0.5, 0.6) is 0 Å². The maximum atomic E-state index is 4.11. The lowest BCUT2D eigenvalue weighted by Crippen LogP contribution is -1.69. The van der Waals surface area contributed by atoms with Gasteiger partial charge in [-0.15, -0.1) is 12.4 Å².